The van der Waals surface area contributed by atoms with E-state index >= 15 is 0 Å². The minimum absolute atomic E-state index is 0.00479. The van der Waals surface area contributed by atoms with E-state index in [9.17, 15) is 4.79 Å². The van der Waals surface area contributed by atoms with Crippen molar-refractivity contribution in [3.8, 4) is 0 Å². The van der Waals surface area contributed by atoms with Crippen molar-refractivity contribution in [1.29, 1.82) is 0 Å². The molecule has 1 fully saturated rings. The quantitative estimate of drug-likeness (QED) is 0.799. The fourth-order valence-corrected chi connectivity index (χ4v) is 2.65. The maximum Gasteiger partial charge on any atom is 0.158 e. The van der Waals surface area contributed by atoms with Crippen LogP contribution in [0.15, 0.2) is 0 Å². The lowest BCUT2D eigenvalue weighted by atomic mass is 9.83. The number of nitrogens with one attached hydrogen (secondary N) is 1. The van der Waals surface area contributed by atoms with Crippen molar-refractivity contribution in [2.75, 3.05) is 0 Å². The average molecular weight is 225 g/mol. The number of carbonyl (C=O) groups is 1. The van der Waals surface area contributed by atoms with Crippen molar-refractivity contribution in [1.82, 2.24) is 5.32 Å². The molecule has 0 heterocycles. The molecule has 0 aliphatic heterocycles. The summed E-state index contributed by atoms with van der Waals surface area (Å²) < 4.78 is 0. The summed E-state index contributed by atoms with van der Waals surface area (Å²) in [6.07, 6.45) is 2.10. The highest BCUT2D eigenvalue weighted by Gasteiger charge is 2.61. The highest BCUT2D eigenvalue weighted by molar-refractivity contribution is 5.96. The Balaban J connectivity index is 2.89. The summed E-state index contributed by atoms with van der Waals surface area (Å²) in [7, 11) is 0. The van der Waals surface area contributed by atoms with E-state index in [-0.39, 0.29) is 16.5 Å². The van der Waals surface area contributed by atoms with E-state index in [0.29, 0.717) is 11.7 Å². The van der Waals surface area contributed by atoms with Crippen LogP contribution >= 0.6 is 0 Å². The second kappa shape index (κ2) is 3.83. The minimum Gasteiger partial charge on any atom is -0.300 e. The van der Waals surface area contributed by atoms with Crippen LogP contribution < -0.4 is 5.32 Å². The zero-order chi connectivity index (χ0) is 12.8. The molecule has 0 bridgehead atoms. The van der Waals surface area contributed by atoms with E-state index in [2.05, 4.69) is 33.0 Å². The maximum absolute atomic E-state index is 12.5. The van der Waals surface area contributed by atoms with Crippen LogP contribution in [0.25, 0.3) is 0 Å². The fourth-order valence-electron chi connectivity index (χ4n) is 2.65. The van der Waals surface area contributed by atoms with Gasteiger partial charge in [-0.2, -0.15) is 0 Å². The van der Waals surface area contributed by atoms with E-state index in [1.54, 1.807) is 0 Å². The third kappa shape index (κ3) is 2.65. The van der Waals surface area contributed by atoms with Gasteiger partial charge >= 0.3 is 0 Å². The molecular formula is C14H27NO. The zero-order valence-electron chi connectivity index (χ0n) is 11.9. The lowest BCUT2D eigenvalue weighted by molar-refractivity contribution is -0.130. The number of hydrogen-bond donors (Lipinski definition) is 1. The van der Waals surface area contributed by atoms with Gasteiger partial charge in [-0.05, 0) is 33.1 Å². The summed E-state index contributed by atoms with van der Waals surface area (Å²) in [6, 6.07) is 0. The minimum atomic E-state index is -0.248. The van der Waals surface area contributed by atoms with Crippen molar-refractivity contribution in [2.45, 2.75) is 72.4 Å². The molecule has 0 amide bonds. The van der Waals surface area contributed by atoms with Gasteiger partial charge in [0.2, 0.25) is 0 Å². The van der Waals surface area contributed by atoms with Crippen LogP contribution in [0.5, 0.6) is 0 Å². The van der Waals surface area contributed by atoms with Gasteiger partial charge in [-0.3, -0.25) is 10.1 Å². The van der Waals surface area contributed by atoms with Gasteiger partial charge in [0.1, 0.15) is 0 Å². The van der Waals surface area contributed by atoms with E-state index in [0.717, 1.165) is 12.8 Å². The smallest absolute Gasteiger partial charge is 0.158 e. The molecule has 0 aromatic rings. The van der Waals surface area contributed by atoms with Gasteiger partial charge in [-0.25, -0.2) is 0 Å². The molecular weight excluding hydrogens is 198 g/mol. The standard InChI is InChI=1S/C14H27NO/c1-8-10-9-14(10,15-13(5,6)7)11(16)12(2,3)4/h10,15H,8-9H2,1-7H3/t10-,14-/m1/s1. The molecule has 2 nitrogen and oxygen atoms in total. The summed E-state index contributed by atoms with van der Waals surface area (Å²) in [4.78, 5) is 12.5. The molecule has 0 aromatic carbocycles. The number of ketones is 1. The summed E-state index contributed by atoms with van der Waals surface area (Å²) in [5, 5.41) is 3.56. The lowest BCUT2D eigenvalue weighted by Crippen LogP contribution is -2.54. The van der Waals surface area contributed by atoms with Crippen molar-refractivity contribution >= 4 is 5.78 Å². The monoisotopic (exact) mass is 225 g/mol. The Morgan fingerprint density at radius 3 is 2.00 bits per heavy atom. The summed E-state index contributed by atoms with van der Waals surface area (Å²) >= 11 is 0. The van der Waals surface area contributed by atoms with E-state index < -0.39 is 0 Å². The van der Waals surface area contributed by atoms with E-state index in [4.69, 9.17) is 0 Å². The van der Waals surface area contributed by atoms with E-state index in [1.165, 1.54) is 0 Å². The molecule has 1 N–H and O–H groups in total. The van der Waals surface area contributed by atoms with Crippen LogP contribution in [-0.2, 0) is 4.79 Å². The third-order valence-electron chi connectivity index (χ3n) is 3.28. The van der Waals surface area contributed by atoms with Crippen molar-refractivity contribution in [3.63, 3.8) is 0 Å². The van der Waals surface area contributed by atoms with Crippen LogP contribution in [0.1, 0.15) is 61.3 Å². The Labute approximate surface area is 100 Å². The Kier molecular flexibility index (Phi) is 3.28. The molecule has 0 aromatic heterocycles. The van der Waals surface area contributed by atoms with Crippen LogP contribution in [0, 0.1) is 11.3 Å². The number of carbonyl (C=O) groups excluding carboxylic acids is 1. The Morgan fingerprint density at radius 2 is 1.75 bits per heavy atom. The van der Waals surface area contributed by atoms with Crippen molar-refractivity contribution in [2.24, 2.45) is 11.3 Å². The molecule has 1 saturated carbocycles. The lowest BCUT2D eigenvalue weighted by Gasteiger charge is -2.33. The topological polar surface area (TPSA) is 29.1 Å². The average Bonchev–Trinajstić information content (AvgIpc) is 2.73. The molecule has 1 rings (SSSR count). The van der Waals surface area contributed by atoms with Crippen LogP contribution in [0.4, 0.5) is 0 Å². The van der Waals surface area contributed by atoms with Gasteiger partial charge < -0.3 is 0 Å². The molecule has 94 valence electrons. The van der Waals surface area contributed by atoms with Gasteiger partial charge in [-0.1, -0.05) is 34.1 Å². The number of hydrogen-bond acceptors (Lipinski definition) is 2. The first-order chi connectivity index (χ1) is 7.03. The summed E-state index contributed by atoms with van der Waals surface area (Å²) in [5.74, 6) is 0.903. The van der Waals surface area contributed by atoms with Gasteiger partial charge in [-0.15, -0.1) is 0 Å². The Hall–Kier alpha value is -0.370. The first-order valence-electron chi connectivity index (χ1n) is 6.37. The van der Waals surface area contributed by atoms with Gasteiger partial charge in [0.15, 0.2) is 5.78 Å². The highest BCUT2D eigenvalue weighted by Crippen LogP contribution is 2.50. The highest BCUT2D eigenvalue weighted by atomic mass is 16.1. The Bertz CT molecular complexity index is 282. The number of rotatable bonds is 3. The first-order valence-corrected chi connectivity index (χ1v) is 6.37. The number of Topliss-reactive ketones (excluding diaryl/α,β-unsaturated/α-hetero) is 1. The third-order valence-corrected chi connectivity index (χ3v) is 3.28. The predicted octanol–water partition coefficient (Wildman–Crippen LogP) is 3.16. The SMILES string of the molecule is CC[C@@H]1C[C@]1(NC(C)(C)C)C(=O)C(C)(C)C. The van der Waals surface area contributed by atoms with Crippen LogP contribution in [-0.4, -0.2) is 16.9 Å². The zero-order valence-corrected chi connectivity index (χ0v) is 11.9. The first kappa shape index (κ1) is 13.7. The molecule has 16 heavy (non-hydrogen) atoms. The van der Waals surface area contributed by atoms with Crippen molar-refractivity contribution in [3.05, 3.63) is 0 Å². The summed E-state index contributed by atoms with van der Waals surface area (Å²) in [6.45, 7) is 14.6. The van der Waals surface area contributed by atoms with Gasteiger partial charge in [0.05, 0.1) is 5.54 Å². The molecule has 0 spiro atoms. The molecule has 1 aliphatic rings. The van der Waals surface area contributed by atoms with E-state index in [1.807, 2.05) is 20.8 Å². The Morgan fingerprint density at radius 1 is 1.25 bits per heavy atom. The molecule has 1 aliphatic carbocycles. The molecule has 0 unspecified atom stereocenters. The van der Waals surface area contributed by atoms with Gasteiger partial charge in [0.25, 0.3) is 0 Å². The summed E-state index contributed by atoms with van der Waals surface area (Å²) in [5.41, 5.74) is -0.488. The normalized spacial score (nSPS) is 30.3. The largest absolute Gasteiger partial charge is 0.300 e. The van der Waals surface area contributed by atoms with Gasteiger partial charge in [0, 0.05) is 11.0 Å². The molecule has 0 radical (unpaired) electrons. The molecule has 0 saturated heterocycles. The molecule has 2 atom stereocenters. The molecule has 2 heteroatoms. The second-order valence-electron chi connectivity index (χ2n) is 7.23. The van der Waals surface area contributed by atoms with Crippen LogP contribution in [0.3, 0.4) is 0 Å². The fraction of sp³-hybridized carbons (Fsp3) is 0.929. The van der Waals surface area contributed by atoms with Crippen molar-refractivity contribution < 1.29 is 4.79 Å². The predicted molar refractivity (Wildman–Crippen MR) is 68.5 cm³/mol. The van der Waals surface area contributed by atoms with Crippen LogP contribution in [0.2, 0.25) is 0 Å². The second-order valence-corrected chi connectivity index (χ2v) is 7.23. The maximum atomic E-state index is 12.5.